The van der Waals surface area contributed by atoms with Crippen molar-refractivity contribution in [2.75, 3.05) is 13.1 Å². The van der Waals surface area contributed by atoms with Gasteiger partial charge in [0.15, 0.2) is 0 Å². The lowest BCUT2D eigenvalue weighted by Crippen LogP contribution is -2.53. The minimum Gasteiger partial charge on any atom is -0.312 e. The van der Waals surface area contributed by atoms with E-state index in [0.717, 1.165) is 24.0 Å². The molecule has 1 aliphatic heterocycles. The molecule has 0 bridgehead atoms. The van der Waals surface area contributed by atoms with Crippen LogP contribution < -0.4 is 5.32 Å². The Morgan fingerprint density at radius 3 is 2.47 bits per heavy atom. The number of piperidine rings is 1. The molecule has 2 aliphatic carbocycles. The van der Waals surface area contributed by atoms with E-state index in [9.17, 15) is 0 Å². The third-order valence-electron chi connectivity index (χ3n) is 5.91. The van der Waals surface area contributed by atoms with E-state index in [-0.39, 0.29) is 0 Å². The van der Waals surface area contributed by atoms with Crippen molar-refractivity contribution < 1.29 is 0 Å². The average Bonchev–Trinajstić information content (AvgIpc) is 2.97. The normalized spacial score (nSPS) is 35.2. The van der Waals surface area contributed by atoms with Crippen LogP contribution in [0.25, 0.3) is 0 Å². The summed E-state index contributed by atoms with van der Waals surface area (Å²) in [4.78, 5) is 2.86. The van der Waals surface area contributed by atoms with E-state index in [1.165, 1.54) is 77.3 Å². The largest absolute Gasteiger partial charge is 0.312 e. The number of likely N-dealkylation sites (tertiary alicyclic amines) is 1. The summed E-state index contributed by atoms with van der Waals surface area (Å²) in [5, 5.41) is 3.83. The van der Waals surface area contributed by atoms with Crippen LogP contribution in [0.5, 0.6) is 0 Å². The van der Waals surface area contributed by atoms with Crippen molar-refractivity contribution in [3.05, 3.63) is 0 Å². The predicted molar refractivity (Wildman–Crippen MR) is 81.4 cm³/mol. The first-order valence-corrected chi connectivity index (χ1v) is 8.84. The highest BCUT2D eigenvalue weighted by Crippen LogP contribution is 2.36. The summed E-state index contributed by atoms with van der Waals surface area (Å²) < 4.78 is 0. The maximum Gasteiger partial charge on any atom is 0.0195 e. The second-order valence-corrected chi connectivity index (χ2v) is 7.23. The maximum atomic E-state index is 3.83. The van der Waals surface area contributed by atoms with Crippen molar-refractivity contribution in [3.8, 4) is 0 Å². The molecule has 3 atom stereocenters. The van der Waals surface area contributed by atoms with Gasteiger partial charge in [0.25, 0.3) is 0 Å². The lowest BCUT2D eigenvalue weighted by atomic mass is 9.78. The highest BCUT2D eigenvalue weighted by molar-refractivity contribution is 4.90. The van der Waals surface area contributed by atoms with Crippen LogP contribution in [-0.4, -0.2) is 36.1 Å². The van der Waals surface area contributed by atoms with Crippen LogP contribution in [0.1, 0.15) is 71.1 Å². The topological polar surface area (TPSA) is 15.3 Å². The predicted octanol–water partition coefficient (Wildman–Crippen LogP) is 3.56. The molecule has 2 heteroatoms. The monoisotopic (exact) mass is 264 g/mol. The van der Waals surface area contributed by atoms with Crippen molar-refractivity contribution in [3.63, 3.8) is 0 Å². The van der Waals surface area contributed by atoms with Gasteiger partial charge in [0.05, 0.1) is 0 Å². The zero-order chi connectivity index (χ0) is 13.1. The van der Waals surface area contributed by atoms with E-state index in [0.29, 0.717) is 0 Å². The Balaban J connectivity index is 1.50. The maximum absolute atomic E-state index is 3.83. The van der Waals surface area contributed by atoms with Gasteiger partial charge < -0.3 is 5.32 Å². The van der Waals surface area contributed by atoms with Gasteiger partial charge in [0.1, 0.15) is 0 Å². The standard InChI is InChI=1S/C17H32N2/c1-14(13-18-16-9-3-4-10-16)19-12-6-8-15-7-2-5-11-17(15)19/h14-18H,2-13H2,1H3. The Labute approximate surface area is 119 Å². The lowest BCUT2D eigenvalue weighted by molar-refractivity contribution is 0.0307. The zero-order valence-electron chi connectivity index (χ0n) is 12.7. The molecule has 0 aromatic heterocycles. The van der Waals surface area contributed by atoms with Crippen molar-refractivity contribution in [1.82, 2.24) is 10.2 Å². The lowest BCUT2D eigenvalue weighted by Gasteiger charge is -2.47. The number of hydrogen-bond donors (Lipinski definition) is 1. The first kappa shape index (κ1) is 13.9. The van der Waals surface area contributed by atoms with Gasteiger partial charge in [0.2, 0.25) is 0 Å². The molecule has 0 amide bonds. The van der Waals surface area contributed by atoms with E-state index in [1.54, 1.807) is 0 Å². The molecular formula is C17H32N2. The van der Waals surface area contributed by atoms with Gasteiger partial charge in [-0.25, -0.2) is 0 Å². The summed E-state index contributed by atoms with van der Waals surface area (Å²) in [5.74, 6) is 1.02. The van der Waals surface area contributed by atoms with E-state index < -0.39 is 0 Å². The van der Waals surface area contributed by atoms with Crippen LogP contribution >= 0.6 is 0 Å². The summed E-state index contributed by atoms with van der Waals surface area (Å²) >= 11 is 0. The smallest absolute Gasteiger partial charge is 0.0195 e. The van der Waals surface area contributed by atoms with E-state index in [2.05, 4.69) is 17.1 Å². The van der Waals surface area contributed by atoms with Crippen molar-refractivity contribution >= 4 is 0 Å². The third-order valence-corrected chi connectivity index (χ3v) is 5.91. The molecule has 0 aromatic carbocycles. The van der Waals surface area contributed by atoms with Crippen LogP contribution in [0.2, 0.25) is 0 Å². The molecule has 3 aliphatic rings. The van der Waals surface area contributed by atoms with Gasteiger partial charge in [0, 0.05) is 24.7 Å². The Morgan fingerprint density at radius 1 is 0.947 bits per heavy atom. The average molecular weight is 264 g/mol. The van der Waals surface area contributed by atoms with Gasteiger partial charge >= 0.3 is 0 Å². The molecule has 1 heterocycles. The molecular weight excluding hydrogens is 232 g/mol. The van der Waals surface area contributed by atoms with Gasteiger partial charge in [-0.1, -0.05) is 25.7 Å². The summed E-state index contributed by atoms with van der Waals surface area (Å²) in [6.45, 7) is 5.03. The van der Waals surface area contributed by atoms with Crippen molar-refractivity contribution in [2.45, 2.75) is 89.3 Å². The van der Waals surface area contributed by atoms with Crippen LogP contribution in [0.15, 0.2) is 0 Å². The van der Waals surface area contributed by atoms with Crippen molar-refractivity contribution in [2.24, 2.45) is 5.92 Å². The summed E-state index contributed by atoms with van der Waals surface area (Å²) in [6, 6.07) is 2.49. The van der Waals surface area contributed by atoms with Crippen LogP contribution in [-0.2, 0) is 0 Å². The Kier molecular flexibility index (Phi) is 4.81. The second kappa shape index (κ2) is 6.58. The molecule has 0 aromatic rings. The summed E-state index contributed by atoms with van der Waals surface area (Å²) in [7, 11) is 0. The van der Waals surface area contributed by atoms with Crippen molar-refractivity contribution in [1.29, 1.82) is 0 Å². The SMILES string of the molecule is CC(CNC1CCCC1)N1CCCC2CCCCC21. The summed E-state index contributed by atoms with van der Waals surface area (Å²) in [6.07, 6.45) is 14.6. The molecule has 2 saturated carbocycles. The number of rotatable bonds is 4. The van der Waals surface area contributed by atoms with Crippen LogP contribution in [0.4, 0.5) is 0 Å². The number of hydrogen-bond acceptors (Lipinski definition) is 2. The quantitative estimate of drug-likeness (QED) is 0.835. The Bertz CT molecular complexity index is 270. The van der Waals surface area contributed by atoms with E-state index in [1.807, 2.05) is 0 Å². The highest BCUT2D eigenvalue weighted by atomic mass is 15.2. The zero-order valence-corrected chi connectivity index (χ0v) is 12.7. The Morgan fingerprint density at radius 2 is 1.63 bits per heavy atom. The first-order valence-electron chi connectivity index (χ1n) is 8.84. The minimum atomic E-state index is 0.742. The number of nitrogens with zero attached hydrogens (tertiary/aromatic N) is 1. The molecule has 3 unspecified atom stereocenters. The van der Waals surface area contributed by atoms with Crippen LogP contribution in [0.3, 0.4) is 0 Å². The molecule has 2 nitrogen and oxygen atoms in total. The van der Waals surface area contributed by atoms with Gasteiger partial charge in [-0.05, 0) is 57.9 Å². The molecule has 3 fully saturated rings. The second-order valence-electron chi connectivity index (χ2n) is 7.23. The third kappa shape index (κ3) is 3.33. The molecule has 3 rings (SSSR count). The minimum absolute atomic E-state index is 0.742. The molecule has 19 heavy (non-hydrogen) atoms. The number of nitrogens with one attached hydrogen (secondary N) is 1. The summed E-state index contributed by atoms with van der Waals surface area (Å²) in [5.41, 5.74) is 0. The van der Waals surface area contributed by atoms with E-state index >= 15 is 0 Å². The van der Waals surface area contributed by atoms with Crippen LogP contribution in [0, 0.1) is 5.92 Å². The molecule has 0 spiro atoms. The first-order chi connectivity index (χ1) is 9.34. The van der Waals surface area contributed by atoms with E-state index in [4.69, 9.17) is 0 Å². The fraction of sp³-hybridized carbons (Fsp3) is 1.00. The molecule has 0 radical (unpaired) electrons. The van der Waals surface area contributed by atoms with Gasteiger partial charge in [-0.2, -0.15) is 0 Å². The fourth-order valence-electron chi connectivity index (χ4n) is 4.79. The Hall–Kier alpha value is -0.0800. The number of fused-ring (bicyclic) bond motifs is 1. The van der Waals surface area contributed by atoms with Gasteiger partial charge in [-0.15, -0.1) is 0 Å². The van der Waals surface area contributed by atoms with Gasteiger partial charge in [-0.3, -0.25) is 4.90 Å². The fourth-order valence-corrected chi connectivity index (χ4v) is 4.79. The molecule has 110 valence electrons. The molecule has 1 saturated heterocycles. The molecule has 1 N–H and O–H groups in total. The highest BCUT2D eigenvalue weighted by Gasteiger charge is 2.35.